The summed E-state index contributed by atoms with van der Waals surface area (Å²) in [6.07, 6.45) is 0. The van der Waals surface area contributed by atoms with E-state index in [9.17, 15) is 4.21 Å². The normalized spacial score (nSPS) is 9.17. The number of hydrogen-bond donors (Lipinski definition) is 0. The molecule has 0 aromatic carbocycles. The maximum absolute atomic E-state index is 9.93. The van der Waals surface area contributed by atoms with E-state index in [0.717, 1.165) is 0 Å². The molecule has 0 atom stereocenters. The first-order valence-corrected chi connectivity index (χ1v) is 5.64. The molecule has 0 fully saturated rings. The van der Waals surface area contributed by atoms with Gasteiger partial charge in [-0.2, -0.15) is 0 Å². The van der Waals surface area contributed by atoms with Crippen molar-refractivity contribution in [3.63, 3.8) is 0 Å². The average molecular weight is 489 g/mol. The monoisotopic (exact) mass is 490 g/mol. The van der Waals surface area contributed by atoms with Gasteiger partial charge in [0, 0.05) is 0 Å². The molecule has 0 aromatic rings. The Bertz CT molecular complexity index is 46.8. The van der Waals surface area contributed by atoms with Crippen LogP contribution in [0.25, 0.3) is 0 Å². The van der Waals surface area contributed by atoms with Crippen molar-refractivity contribution in [1.29, 1.82) is 0 Å². The molecule has 0 heterocycles. The molecule has 0 aliphatic heterocycles. The van der Waals surface area contributed by atoms with Crippen molar-refractivity contribution in [3.8, 4) is 0 Å². The fourth-order valence-corrected chi connectivity index (χ4v) is 5.24. The predicted octanol–water partition coefficient (Wildman–Crippen LogP) is -1.23. The molecule has 0 saturated carbocycles. The summed E-state index contributed by atoms with van der Waals surface area (Å²) in [5.74, 6) is 0. The zero-order valence-corrected chi connectivity index (χ0v) is 12.6. The fraction of sp³-hybridized carbons (Fsp3) is 0. The maximum atomic E-state index is 9.93. The Kier molecular flexibility index (Phi) is 6.67. The topological polar surface area (TPSA) is 35.5 Å². The van der Waals surface area contributed by atoms with E-state index < -0.39 is 11.4 Å². The quantitative estimate of drug-likeness (QED) is 0.457. The second-order valence-electron chi connectivity index (χ2n) is 0.397. The fourth-order valence-electron chi connectivity index (χ4n) is 0.0227. The summed E-state index contributed by atoms with van der Waals surface area (Å²) in [4.78, 5) is 0. The van der Waals surface area contributed by atoms with Gasteiger partial charge in [-0.3, -0.25) is 0 Å². The summed E-state index contributed by atoms with van der Waals surface area (Å²) in [5.41, 5.74) is 0. The molecule has 0 amide bonds. The number of hydrogen-bond acceptors (Lipinski definition) is 3. The van der Waals surface area contributed by atoms with Crippen LogP contribution >= 0.6 is 0 Å². The standard InChI is InChI=1S/H2O3S.2Tl/c1-4(2)3;;/h(H2,1,2,3);;/q;2*+1/p-2. The first-order valence-electron chi connectivity index (χ1n) is 0.971. The molecule has 0 aliphatic rings. The van der Waals surface area contributed by atoms with Crippen molar-refractivity contribution in [1.82, 2.24) is 0 Å². The second-order valence-corrected chi connectivity index (χ2v) is 5.68. The van der Waals surface area contributed by atoms with Gasteiger partial charge in [-0.15, -0.1) is 0 Å². The summed E-state index contributed by atoms with van der Waals surface area (Å²) >= 11 is -0.757. The molecule has 0 rings (SSSR count). The minimum atomic E-state index is -1.39. The third-order valence-corrected chi connectivity index (χ3v) is 4.14. The number of rotatable bonds is 2. The van der Waals surface area contributed by atoms with Gasteiger partial charge >= 0.3 is 72.3 Å². The van der Waals surface area contributed by atoms with Crippen molar-refractivity contribution < 1.29 is 8.48 Å². The van der Waals surface area contributed by atoms with Crippen LogP contribution in [0.1, 0.15) is 0 Å². The third-order valence-electron chi connectivity index (χ3n) is 0.157. The van der Waals surface area contributed by atoms with Gasteiger partial charge in [-0.25, -0.2) is 0 Å². The van der Waals surface area contributed by atoms with Crippen LogP contribution < -0.4 is 0 Å². The van der Waals surface area contributed by atoms with Gasteiger partial charge in [0.25, 0.3) is 0 Å². The summed E-state index contributed by atoms with van der Waals surface area (Å²) in [6.45, 7) is 0. The van der Waals surface area contributed by atoms with E-state index in [1.54, 1.807) is 0 Å². The van der Waals surface area contributed by atoms with Gasteiger partial charge < -0.3 is 0 Å². The van der Waals surface area contributed by atoms with Crippen LogP contribution in [0.15, 0.2) is 0 Å². The van der Waals surface area contributed by atoms with Gasteiger partial charge in [0.2, 0.25) is 0 Å². The third kappa shape index (κ3) is 4.08. The van der Waals surface area contributed by atoms with Gasteiger partial charge in [0.15, 0.2) is 0 Å². The van der Waals surface area contributed by atoms with E-state index in [1.807, 2.05) is 0 Å². The molecule has 0 aromatic heterocycles. The Balaban J connectivity index is 2.99. The van der Waals surface area contributed by atoms with E-state index in [0.29, 0.717) is 52.4 Å². The SMILES string of the molecule is O=S([O][Tl])[O][Tl]. The Morgan fingerprint density at radius 1 is 1.33 bits per heavy atom. The molecular formula is O3STl2. The molecule has 6 heavy (non-hydrogen) atoms. The summed E-state index contributed by atoms with van der Waals surface area (Å²) < 4.78 is 18.6. The van der Waals surface area contributed by atoms with Crippen molar-refractivity contribution in [2.75, 3.05) is 0 Å². The second kappa shape index (κ2) is 5.06. The van der Waals surface area contributed by atoms with Gasteiger partial charge in [-0.05, 0) is 0 Å². The van der Waals surface area contributed by atoms with E-state index in [-0.39, 0.29) is 0 Å². The first kappa shape index (κ1) is 7.91. The van der Waals surface area contributed by atoms with E-state index in [4.69, 9.17) is 0 Å². The van der Waals surface area contributed by atoms with Crippen LogP contribution in [0.2, 0.25) is 0 Å². The van der Waals surface area contributed by atoms with Crippen LogP contribution in [0.5, 0.6) is 0 Å². The molecule has 3 nitrogen and oxygen atoms in total. The molecular weight excluding hydrogens is 489 g/mol. The Hall–Kier alpha value is 1.91. The Labute approximate surface area is 71.3 Å². The molecule has 0 N–H and O–H groups in total. The molecule has 0 bridgehead atoms. The van der Waals surface area contributed by atoms with Crippen LogP contribution in [0.4, 0.5) is 0 Å². The van der Waals surface area contributed by atoms with Gasteiger partial charge in [0.1, 0.15) is 0 Å². The van der Waals surface area contributed by atoms with E-state index in [2.05, 4.69) is 4.27 Å². The first-order chi connectivity index (χ1) is 2.81. The molecule has 0 spiro atoms. The van der Waals surface area contributed by atoms with Gasteiger partial charge in [-0.1, -0.05) is 0 Å². The van der Waals surface area contributed by atoms with Crippen molar-refractivity contribution in [2.45, 2.75) is 0 Å². The Morgan fingerprint density at radius 2 is 1.67 bits per heavy atom. The van der Waals surface area contributed by atoms with Gasteiger partial charge in [0.05, 0.1) is 0 Å². The molecule has 6 heteroatoms. The van der Waals surface area contributed by atoms with Crippen molar-refractivity contribution >= 4 is 63.8 Å². The van der Waals surface area contributed by atoms with E-state index in [1.165, 1.54) is 0 Å². The zero-order valence-electron chi connectivity index (χ0n) is 2.79. The minimum absolute atomic E-state index is 0.314. The molecule has 0 unspecified atom stereocenters. The summed E-state index contributed by atoms with van der Waals surface area (Å²) in [5, 5.41) is 0. The molecule has 0 aliphatic carbocycles. The van der Waals surface area contributed by atoms with Crippen LogP contribution in [0.3, 0.4) is 0 Å². The Morgan fingerprint density at radius 3 is 1.67 bits per heavy atom. The summed E-state index contributed by atoms with van der Waals surface area (Å²) in [7, 11) is 0. The molecule has 0 saturated heterocycles. The molecule has 0 radical (unpaired) electrons. The predicted molar refractivity (Wildman–Crippen MR) is 21.8 cm³/mol. The average Bonchev–Trinajstić information content (AvgIpc) is 1.65. The van der Waals surface area contributed by atoms with E-state index >= 15 is 0 Å². The van der Waals surface area contributed by atoms with Crippen LogP contribution in [0, 0.1) is 0 Å². The van der Waals surface area contributed by atoms with Crippen LogP contribution in [-0.2, 0) is 15.6 Å². The molecule has 30 valence electrons. The summed E-state index contributed by atoms with van der Waals surface area (Å²) in [6, 6.07) is 0. The van der Waals surface area contributed by atoms with Crippen molar-refractivity contribution in [2.24, 2.45) is 0 Å². The van der Waals surface area contributed by atoms with Crippen LogP contribution in [-0.4, -0.2) is 56.6 Å². The van der Waals surface area contributed by atoms with Crippen molar-refractivity contribution in [3.05, 3.63) is 0 Å². The zero-order chi connectivity index (χ0) is 4.99.